The Bertz CT molecular complexity index is 1290. The number of benzene rings is 1. The van der Waals surface area contributed by atoms with Gasteiger partial charge in [-0.2, -0.15) is 13.5 Å². The van der Waals surface area contributed by atoms with Crippen LogP contribution in [0.3, 0.4) is 0 Å². The lowest BCUT2D eigenvalue weighted by Gasteiger charge is -2.20. The van der Waals surface area contributed by atoms with Gasteiger partial charge in [0.25, 0.3) is 16.0 Å². The molecular weight excluding hydrogens is 542 g/mol. The monoisotopic (exact) mass is 577 g/mol. The number of hydrazone groups is 1. The van der Waals surface area contributed by atoms with Crippen LogP contribution in [-0.4, -0.2) is 67.4 Å². The molecule has 2 amide bonds. The zero-order valence-electron chi connectivity index (χ0n) is 22.8. The number of carbonyl (C=O) groups excluding carboxylic acids is 3. The summed E-state index contributed by atoms with van der Waals surface area (Å²) in [6, 6.07) is 8.29. The SMILES string of the molecule is COC(=O)CC(CCCCNC(=O)OC(C)(C)C)NC(=O)c1ccc(NN=Cc2ccccc2S(=O)(=O)O)nc1. The first-order valence-electron chi connectivity index (χ1n) is 12.4. The van der Waals surface area contributed by atoms with Crippen LogP contribution in [0.2, 0.25) is 0 Å². The van der Waals surface area contributed by atoms with E-state index in [1.54, 1.807) is 26.8 Å². The van der Waals surface area contributed by atoms with Crippen molar-refractivity contribution in [3.8, 4) is 0 Å². The van der Waals surface area contributed by atoms with E-state index in [9.17, 15) is 27.4 Å². The molecule has 2 rings (SSSR count). The van der Waals surface area contributed by atoms with E-state index in [1.807, 2.05) is 0 Å². The van der Waals surface area contributed by atoms with Crippen molar-refractivity contribution >= 4 is 40.1 Å². The Morgan fingerprint density at radius 1 is 1.12 bits per heavy atom. The largest absolute Gasteiger partial charge is 0.469 e. The highest BCUT2D eigenvalue weighted by atomic mass is 32.2. The molecule has 40 heavy (non-hydrogen) atoms. The number of carbonyl (C=O) groups is 3. The highest BCUT2D eigenvalue weighted by Gasteiger charge is 2.19. The molecule has 0 radical (unpaired) electrons. The summed E-state index contributed by atoms with van der Waals surface area (Å²) in [5.74, 6) is -0.630. The van der Waals surface area contributed by atoms with Gasteiger partial charge >= 0.3 is 12.1 Å². The summed E-state index contributed by atoms with van der Waals surface area (Å²) in [7, 11) is -3.14. The van der Waals surface area contributed by atoms with Crippen molar-refractivity contribution in [2.75, 3.05) is 19.1 Å². The number of nitrogens with one attached hydrogen (secondary N) is 3. The van der Waals surface area contributed by atoms with E-state index in [1.165, 1.54) is 49.9 Å². The fourth-order valence-electron chi connectivity index (χ4n) is 3.38. The topological polar surface area (TPSA) is 185 Å². The van der Waals surface area contributed by atoms with Crippen molar-refractivity contribution in [2.45, 2.75) is 63.0 Å². The van der Waals surface area contributed by atoms with Gasteiger partial charge in [-0.25, -0.2) is 9.78 Å². The number of esters is 1. The normalized spacial score (nSPS) is 12.4. The minimum Gasteiger partial charge on any atom is -0.469 e. The molecule has 14 heteroatoms. The van der Waals surface area contributed by atoms with Crippen LogP contribution in [0.4, 0.5) is 10.6 Å². The highest BCUT2D eigenvalue weighted by Crippen LogP contribution is 2.14. The first-order chi connectivity index (χ1) is 18.8. The summed E-state index contributed by atoms with van der Waals surface area (Å²) < 4.78 is 42.2. The molecule has 0 saturated heterocycles. The molecule has 1 aromatic carbocycles. The Hall–Kier alpha value is -4.04. The molecule has 0 saturated carbocycles. The molecule has 13 nitrogen and oxygen atoms in total. The second-order valence-electron chi connectivity index (χ2n) is 9.69. The number of rotatable bonds is 13. The lowest BCUT2D eigenvalue weighted by molar-refractivity contribution is -0.141. The van der Waals surface area contributed by atoms with Crippen molar-refractivity contribution < 1.29 is 36.8 Å². The number of hydrogen-bond acceptors (Lipinski definition) is 10. The summed E-state index contributed by atoms with van der Waals surface area (Å²) in [4.78, 5) is 40.2. The van der Waals surface area contributed by atoms with Crippen LogP contribution < -0.4 is 16.1 Å². The van der Waals surface area contributed by atoms with Crippen molar-refractivity contribution in [3.63, 3.8) is 0 Å². The van der Waals surface area contributed by atoms with Crippen molar-refractivity contribution in [1.29, 1.82) is 0 Å². The maximum absolute atomic E-state index is 12.8. The molecule has 0 bridgehead atoms. The van der Waals surface area contributed by atoms with Gasteiger partial charge in [0.15, 0.2) is 0 Å². The van der Waals surface area contributed by atoms with Crippen molar-refractivity contribution in [2.24, 2.45) is 5.10 Å². The molecular formula is C26H35N5O8S. The van der Waals surface area contributed by atoms with E-state index in [4.69, 9.17) is 9.47 Å². The average Bonchev–Trinajstić information content (AvgIpc) is 2.87. The molecule has 1 heterocycles. The lowest BCUT2D eigenvalue weighted by atomic mass is 10.1. The van der Waals surface area contributed by atoms with Gasteiger partial charge in [0.2, 0.25) is 0 Å². The van der Waals surface area contributed by atoms with Crippen LogP contribution in [0.5, 0.6) is 0 Å². The third kappa shape index (κ3) is 11.8. The highest BCUT2D eigenvalue weighted by molar-refractivity contribution is 7.86. The third-order valence-electron chi connectivity index (χ3n) is 5.23. The van der Waals surface area contributed by atoms with Crippen molar-refractivity contribution in [1.82, 2.24) is 15.6 Å². The molecule has 4 N–H and O–H groups in total. The lowest BCUT2D eigenvalue weighted by Crippen LogP contribution is -2.37. The molecule has 1 aromatic heterocycles. The van der Waals surface area contributed by atoms with Gasteiger partial charge in [-0.15, -0.1) is 0 Å². The van der Waals surface area contributed by atoms with Gasteiger partial charge in [-0.3, -0.25) is 19.6 Å². The van der Waals surface area contributed by atoms with E-state index >= 15 is 0 Å². The minimum atomic E-state index is -4.41. The van der Waals surface area contributed by atoms with Gasteiger partial charge in [0, 0.05) is 24.3 Å². The van der Waals surface area contributed by atoms with Gasteiger partial charge in [0.1, 0.15) is 16.3 Å². The molecule has 1 unspecified atom stereocenters. The Kier molecular flexibility index (Phi) is 12.0. The summed E-state index contributed by atoms with van der Waals surface area (Å²) in [5, 5.41) is 9.41. The zero-order valence-corrected chi connectivity index (χ0v) is 23.7. The van der Waals surface area contributed by atoms with Crippen LogP contribution in [0, 0.1) is 0 Å². The molecule has 2 aromatic rings. The maximum atomic E-state index is 12.8. The molecule has 0 aliphatic rings. The first kappa shape index (κ1) is 32.2. The summed E-state index contributed by atoms with van der Waals surface area (Å²) in [6.07, 6.45) is 3.72. The molecule has 218 valence electrons. The van der Waals surface area contributed by atoms with Crippen LogP contribution in [0.25, 0.3) is 0 Å². The molecule has 0 fully saturated rings. The zero-order chi connectivity index (χ0) is 29.8. The van der Waals surface area contributed by atoms with Crippen molar-refractivity contribution in [3.05, 3.63) is 53.7 Å². The number of ether oxygens (including phenoxy) is 2. The number of alkyl carbamates (subject to hydrolysis) is 1. The van der Waals surface area contributed by atoms with Crippen LogP contribution in [0.1, 0.15) is 62.4 Å². The Morgan fingerprint density at radius 2 is 1.85 bits per heavy atom. The van der Waals surface area contributed by atoms with E-state index in [0.29, 0.717) is 25.8 Å². The molecule has 0 aliphatic carbocycles. The second kappa shape index (κ2) is 14.9. The standard InChI is InChI=1S/C26H35N5O8S/c1-26(2,3)39-25(34)27-14-8-7-10-20(15-23(32)38-4)30-24(33)19-12-13-22(28-16-19)31-29-17-18-9-5-6-11-21(18)40(35,36)37/h5-6,9,11-13,16-17,20H,7-8,10,14-15H2,1-4H3,(H,27,34)(H,28,31)(H,30,33)(H,35,36,37). The Labute approximate surface area is 233 Å². The predicted octanol–water partition coefficient (Wildman–Crippen LogP) is 3.13. The van der Waals surface area contributed by atoms with Crippen LogP contribution in [-0.2, 0) is 24.4 Å². The van der Waals surface area contributed by atoms with Gasteiger partial charge < -0.3 is 20.1 Å². The number of unbranched alkanes of at least 4 members (excludes halogenated alkanes) is 1. The third-order valence-corrected chi connectivity index (χ3v) is 6.16. The number of anilines is 1. The quantitative estimate of drug-likeness (QED) is 0.0906. The number of hydrogen-bond donors (Lipinski definition) is 4. The van der Waals surface area contributed by atoms with Crippen LogP contribution >= 0.6 is 0 Å². The fourth-order valence-corrected chi connectivity index (χ4v) is 4.05. The first-order valence-corrected chi connectivity index (χ1v) is 13.9. The molecule has 0 spiro atoms. The number of pyridine rings is 1. The average molecular weight is 578 g/mol. The van der Waals surface area contributed by atoms with Gasteiger partial charge in [-0.1, -0.05) is 18.2 Å². The van der Waals surface area contributed by atoms with E-state index < -0.39 is 39.7 Å². The fraction of sp³-hybridized carbons (Fsp3) is 0.423. The summed E-state index contributed by atoms with van der Waals surface area (Å²) >= 11 is 0. The maximum Gasteiger partial charge on any atom is 0.407 e. The second-order valence-corrected chi connectivity index (χ2v) is 11.1. The van der Waals surface area contributed by atoms with Crippen LogP contribution in [0.15, 0.2) is 52.6 Å². The number of nitrogens with zero attached hydrogens (tertiary/aromatic N) is 2. The number of aromatic nitrogens is 1. The smallest absolute Gasteiger partial charge is 0.407 e. The van der Waals surface area contributed by atoms with E-state index in [2.05, 4.69) is 26.1 Å². The number of methoxy groups -OCH3 is 1. The van der Waals surface area contributed by atoms with E-state index in [0.717, 1.165) is 0 Å². The predicted molar refractivity (Wildman–Crippen MR) is 148 cm³/mol. The summed E-state index contributed by atoms with van der Waals surface area (Å²) in [6.45, 7) is 5.71. The minimum absolute atomic E-state index is 0.0193. The number of amides is 2. The van der Waals surface area contributed by atoms with Gasteiger partial charge in [0.05, 0.1) is 25.3 Å². The molecule has 1 atom stereocenters. The van der Waals surface area contributed by atoms with E-state index in [-0.39, 0.29) is 28.3 Å². The Balaban J connectivity index is 1.91. The molecule has 0 aliphatic heterocycles. The Morgan fingerprint density at radius 3 is 2.48 bits per heavy atom. The summed E-state index contributed by atoms with van der Waals surface area (Å²) in [5.41, 5.74) is 2.45. The van der Waals surface area contributed by atoms with Gasteiger partial charge in [-0.05, 0) is 58.2 Å².